The molecule has 2 atom stereocenters. The summed E-state index contributed by atoms with van der Waals surface area (Å²) in [6.07, 6.45) is 4.06. The van der Waals surface area contributed by atoms with Crippen molar-refractivity contribution < 1.29 is 14.3 Å². The molecule has 6 rings (SSSR count). The third kappa shape index (κ3) is 8.44. The first-order chi connectivity index (χ1) is 24.5. The molecule has 2 aromatic heterocycles. The maximum absolute atomic E-state index is 13.6. The number of carbonyl (C=O) groups is 2. The standard InChI is InChI=1S/C40H39N7O3/c1-50-33-19-16-30(17-20-33)27-47-37(21-18-28-10-4-2-5-11-28)45-46-39(47)36(23-32-25-42-35-15-9-8-14-34(32)35)44-38(48)26-43-40(49)31(24-41)22-29-12-6-3-7-13-29/h2-17,19-20,25,31,36,42H,18,21-23,26-27H2,1H3,(H,43,49)(H,44,48)/t31?,36-/m1/s1. The summed E-state index contributed by atoms with van der Waals surface area (Å²) in [5.41, 5.74) is 5.08. The Hall–Kier alpha value is -6.21. The van der Waals surface area contributed by atoms with Gasteiger partial charge in [0.05, 0.1) is 32.3 Å². The van der Waals surface area contributed by atoms with Crippen molar-refractivity contribution in [3.8, 4) is 11.8 Å². The second kappa shape index (κ2) is 16.3. The summed E-state index contributed by atoms with van der Waals surface area (Å²) in [6, 6.07) is 36.9. The van der Waals surface area contributed by atoms with Crippen molar-refractivity contribution in [1.82, 2.24) is 30.4 Å². The van der Waals surface area contributed by atoms with Gasteiger partial charge in [-0.1, -0.05) is 91.0 Å². The van der Waals surface area contributed by atoms with Crippen molar-refractivity contribution in [3.63, 3.8) is 0 Å². The Morgan fingerprint density at radius 1 is 0.840 bits per heavy atom. The number of carbonyl (C=O) groups excluding carboxylic acids is 2. The smallest absolute Gasteiger partial charge is 0.239 e. The number of para-hydroxylation sites is 1. The number of hydrogen-bond acceptors (Lipinski definition) is 6. The van der Waals surface area contributed by atoms with E-state index in [1.54, 1.807) is 7.11 Å². The third-order valence-electron chi connectivity index (χ3n) is 8.76. The summed E-state index contributed by atoms with van der Waals surface area (Å²) in [7, 11) is 1.64. The molecule has 0 aliphatic rings. The van der Waals surface area contributed by atoms with Crippen molar-refractivity contribution in [3.05, 3.63) is 149 Å². The van der Waals surface area contributed by atoms with Gasteiger partial charge in [0.15, 0.2) is 5.82 Å². The number of H-pyrrole nitrogens is 1. The van der Waals surface area contributed by atoms with Gasteiger partial charge in [0.2, 0.25) is 11.8 Å². The zero-order chi connectivity index (χ0) is 34.7. The molecule has 50 heavy (non-hydrogen) atoms. The van der Waals surface area contributed by atoms with Gasteiger partial charge in [-0.2, -0.15) is 5.26 Å². The van der Waals surface area contributed by atoms with Gasteiger partial charge in [0, 0.05) is 29.9 Å². The highest BCUT2D eigenvalue weighted by Gasteiger charge is 2.26. The van der Waals surface area contributed by atoms with Crippen LogP contribution in [0.3, 0.4) is 0 Å². The first-order valence-electron chi connectivity index (χ1n) is 16.6. The number of nitriles is 1. The van der Waals surface area contributed by atoms with Crippen LogP contribution in [0.25, 0.3) is 10.9 Å². The summed E-state index contributed by atoms with van der Waals surface area (Å²) >= 11 is 0. The van der Waals surface area contributed by atoms with Crippen LogP contribution in [0.5, 0.6) is 5.75 Å². The van der Waals surface area contributed by atoms with Crippen LogP contribution in [0.4, 0.5) is 0 Å². The number of aromatic nitrogens is 4. The lowest BCUT2D eigenvalue weighted by Gasteiger charge is -2.21. The molecule has 4 aromatic carbocycles. The van der Waals surface area contributed by atoms with Gasteiger partial charge in [-0.15, -0.1) is 10.2 Å². The van der Waals surface area contributed by atoms with E-state index in [0.29, 0.717) is 25.2 Å². The first kappa shape index (κ1) is 33.7. The average molecular weight is 666 g/mol. The Bertz CT molecular complexity index is 2070. The summed E-state index contributed by atoms with van der Waals surface area (Å²) in [4.78, 5) is 29.9. The fourth-order valence-corrected chi connectivity index (χ4v) is 6.09. The monoisotopic (exact) mass is 665 g/mol. The van der Waals surface area contributed by atoms with Crippen LogP contribution < -0.4 is 15.4 Å². The molecule has 3 N–H and O–H groups in total. The predicted molar refractivity (Wildman–Crippen MR) is 191 cm³/mol. The summed E-state index contributed by atoms with van der Waals surface area (Å²) < 4.78 is 7.45. The minimum atomic E-state index is -0.924. The molecule has 0 aliphatic heterocycles. The van der Waals surface area contributed by atoms with E-state index in [9.17, 15) is 14.9 Å². The van der Waals surface area contributed by atoms with Crippen molar-refractivity contribution >= 4 is 22.7 Å². The highest BCUT2D eigenvalue weighted by molar-refractivity contribution is 5.87. The summed E-state index contributed by atoms with van der Waals surface area (Å²) in [5.74, 6) is 0.342. The molecule has 0 saturated heterocycles. The number of hydrogen-bond donors (Lipinski definition) is 3. The van der Waals surface area contributed by atoms with Crippen molar-refractivity contribution in [2.75, 3.05) is 13.7 Å². The summed E-state index contributed by atoms with van der Waals surface area (Å²) in [5, 5.41) is 25.9. The van der Waals surface area contributed by atoms with Crippen molar-refractivity contribution in [2.45, 2.75) is 38.3 Å². The van der Waals surface area contributed by atoms with E-state index >= 15 is 0 Å². The second-order valence-electron chi connectivity index (χ2n) is 12.2. The van der Waals surface area contributed by atoms with Crippen LogP contribution in [-0.4, -0.2) is 45.2 Å². The van der Waals surface area contributed by atoms with Crippen LogP contribution in [-0.2, 0) is 41.8 Å². The Morgan fingerprint density at radius 2 is 1.54 bits per heavy atom. The number of rotatable bonds is 15. The number of amides is 2. The molecule has 0 fully saturated rings. The Morgan fingerprint density at radius 3 is 2.26 bits per heavy atom. The summed E-state index contributed by atoms with van der Waals surface area (Å²) in [6.45, 7) is 0.195. The molecule has 0 saturated carbocycles. The fourth-order valence-electron chi connectivity index (χ4n) is 6.09. The Labute approximate surface area is 291 Å². The lowest BCUT2D eigenvalue weighted by Crippen LogP contribution is -2.42. The molecule has 0 spiro atoms. The molecule has 0 bridgehead atoms. The van der Waals surface area contributed by atoms with Crippen LogP contribution >= 0.6 is 0 Å². The van der Waals surface area contributed by atoms with Crippen LogP contribution in [0.2, 0.25) is 0 Å². The fraction of sp³-hybridized carbons (Fsp3) is 0.225. The molecule has 252 valence electrons. The average Bonchev–Trinajstić information content (AvgIpc) is 3.76. The van der Waals surface area contributed by atoms with E-state index in [2.05, 4.69) is 48.6 Å². The Balaban J connectivity index is 1.27. The molecule has 10 heteroatoms. The molecule has 2 heterocycles. The highest BCUT2D eigenvalue weighted by atomic mass is 16.5. The number of aryl methyl sites for hydroxylation is 2. The van der Waals surface area contributed by atoms with E-state index in [4.69, 9.17) is 4.74 Å². The SMILES string of the molecule is COc1ccc(Cn2c(CCc3ccccc3)nnc2[C@@H](Cc2c[nH]c3ccccc23)NC(=O)CNC(=O)C(C#N)Cc2ccccc2)cc1. The number of fused-ring (bicyclic) bond motifs is 1. The quantitative estimate of drug-likeness (QED) is 0.133. The molecule has 1 unspecified atom stereocenters. The van der Waals surface area contributed by atoms with Gasteiger partial charge in [0.25, 0.3) is 0 Å². The first-order valence-corrected chi connectivity index (χ1v) is 16.6. The number of aromatic amines is 1. The maximum atomic E-state index is 13.6. The number of benzene rings is 4. The van der Waals surface area contributed by atoms with E-state index in [-0.39, 0.29) is 13.0 Å². The van der Waals surface area contributed by atoms with Crippen LogP contribution in [0.1, 0.15) is 39.9 Å². The van der Waals surface area contributed by atoms with Crippen molar-refractivity contribution in [2.24, 2.45) is 5.92 Å². The molecular formula is C40H39N7O3. The second-order valence-corrected chi connectivity index (χ2v) is 12.2. The van der Waals surface area contributed by atoms with E-state index < -0.39 is 23.8 Å². The molecular weight excluding hydrogens is 626 g/mol. The zero-order valence-electron chi connectivity index (χ0n) is 27.9. The van der Waals surface area contributed by atoms with Gasteiger partial charge in [-0.25, -0.2) is 0 Å². The van der Waals surface area contributed by atoms with Gasteiger partial charge in [-0.05, 0) is 53.3 Å². The van der Waals surface area contributed by atoms with Gasteiger partial charge in [0.1, 0.15) is 17.5 Å². The molecule has 10 nitrogen and oxygen atoms in total. The number of nitrogens with one attached hydrogen (secondary N) is 3. The highest BCUT2D eigenvalue weighted by Crippen LogP contribution is 2.26. The lowest BCUT2D eigenvalue weighted by molar-refractivity contribution is -0.127. The molecule has 0 aliphatic carbocycles. The third-order valence-corrected chi connectivity index (χ3v) is 8.76. The molecule has 0 radical (unpaired) electrons. The van der Waals surface area contributed by atoms with Gasteiger partial charge >= 0.3 is 0 Å². The largest absolute Gasteiger partial charge is 0.497 e. The number of methoxy groups -OCH3 is 1. The van der Waals surface area contributed by atoms with Crippen LogP contribution in [0.15, 0.2) is 115 Å². The zero-order valence-corrected chi connectivity index (χ0v) is 27.9. The predicted octanol–water partition coefficient (Wildman–Crippen LogP) is 5.50. The minimum absolute atomic E-state index is 0.258. The Kier molecular flexibility index (Phi) is 11.0. The number of nitrogens with zero attached hydrogens (tertiary/aromatic N) is 4. The van der Waals surface area contributed by atoms with E-state index in [0.717, 1.165) is 45.6 Å². The normalized spacial score (nSPS) is 12.2. The maximum Gasteiger partial charge on any atom is 0.239 e. The molecule has 6 aromatic rings. The van der Waals surface area contributed by atoms with E-state index in [1.165, 1.54) is 5.56 Å². The molecule has 2 amide bonds. The van der Waals surface area contributed by atoms with Crippen LogP contribution in [0, 0.1) is 17.2 Å². The minimum Gasteiger partial charge on any atom is -0.497 e. The van der Waals surface area contributed by atoms with Crippen molar-refractivity contribution in [1.29, 1.82) is 5.26 Å². The van der Waals surface area contributed by atoms with Gasteiger partial charge < -0.3 is 24.9 Å². The van der Waals surface area contributed by atoms with E-state index in [1.807, 2.05) is 103 Å². The number of ether oxygens (including phenoxy) is 1. The lowest BCUT2D eigenvalue weighted by atomic mass is 10.00. The topological polar surface area (TPSA) is 138 Å². The van der Waals surface area contributed by atoms with Gasteiger partial charge in [-0.3, -0.25) is 9.59 Å².